The number of hydrogen-bond acceptors (Lipinski definition) is 2. The van der Waals surface area contributed by atoms with Crippen LogP contribution in [0.4, 0.5) is 13.2 Å². The molecule has 1 aromatic carbocycles. The number of pyridine rings is 1. The zero-order chi connectivity index (χ0) is 14.2. The number of halogens is 3. The fourth-order valence-electron chi connectivity index (χ4n) is 2.21. The predicted octanol–water partition coefficient (Wildman–Crippen LogP) is 5.07. The van der Waals surface area contributed by atoms with Crippen molar-refractivity contribution in [1.29, 1.82) is 0 Å². The molecule has 20 heavy (non-hydrogen) atoms. The van der Waals surface area contributed by atoms with Crippen LogP contribution in [0.25, 0.3) is 20.5 Å². The van der Waals surface area contributed by atoms with Crippen LogP contribution in [0.1, 0.15) is 5.56 Å². The number of fused-ring (bicyclic) bond motifs is 1. The Morgan fingerprint density at radius 2 is 1.85 bits per heavy atom. The first-order valence-electron chi connectivity index (χ1n) is 6.02. The maximum atomic E-state index is 12.8. The minimum absolute atomic E-state index is 0.339. The molecule has 0 aliphatic heterocycles. The highest BCUT2D eigenvalue weighted by Gasteiger charge is 2.31. The quantitative estimate of drug-likeness (QED) is 0.643. The van der Waals surface area contributed by atoms with Crippen molar-refractivity contribution in [1.82, 2.24) is 4.98 Å². The molecular formula is C15H10F3NS. The molecule has 0 saturated carbocycles. The molecule has 102 valence electrons. The molecule has 0 aliphatic rings. The lowest BCUT2D eigenvalue weighted by molar-refractivity contribution is -0.126. The van der Waals surface area contributed by atoms with E-state index in [0.29, 0.717) is 15.8 Å². The van der Waals surface area contributed by atoms with Crippen molar-refractivity contribution in [2.75, 3.05) is 0 Å². The van der Waals surface area contributed by atoms with E-state index in [1.165, 1.54) is 11.3 Å². The van der Waals surface area contributed by atoms with Crippen LogP contribution in [0, 0.1) is 0 Å². The van der Waals surface area contributed by atoms with E-state index in [4.69, 9.17) is 0 Å². The summed E-state index contributed by atoms with van der Waals surface area (Å²) < 4.78 is 39.4. The molecule has 0 unspecified atom stereocenters. The largest absolute Gasteiger partial charge is 0.393 e. The Bertz CT molecular complexity index is 732. The van der Waals surface area contributed by atoms with Crippen molar-refractivity contribution in [3.8, 4) is 10.4 Å². The molecule has 2 aromatic heterocycles. The van der Waals surface area contributed by atoms with Crippen molar-refractivity contribution >= 4 is 21.4 Å². The van der Waals surface area contributed by atoms with Gasteiger partial charge in [0.05, 0.1) is 6.42 Å². The second kappa shape index (κ2) is 4.90. The van der Waals surface area contributed by atoms with E-state index in [1.54, 1.807) is 36.7 Å². The lowest BCUT2D eigenvalue weighted by atomic mass is 10.0. The summed E-state index contributed by atoms with van der Waals surface area (Å²) >= 11 is 1.38. The molecule has 0 N–H and O–H groups in total. The Morgan fingerprint density at radius 1 is 1.05 bits per heavy atom. The fourth-order valence-corrected chi connectivity index (χ4v) is 3.42. The summed E-state index contributed by atoms with van der Waals surface area (Å²) in [6.07, 6.45) is -1.92. The fraction of sp³-hybridized carbons (Fsp3) is 0.133. The molecule has 0 spiro atoms. The summed E-state index contributed by atoms with van der Waals surface area (Å²) in [7, 11) is 0. The molecule has 0 bridgehead atoms. The van der Waals surface area contributed by atoms with E-state index < -0.39 is 12.6 Å². The van der Waals surface area contributed by atoms with Crippen molar-refractivity contribution in [3.63, 3.8) is 0 Å². The molecule has 3 rings (SSSR count). The van der Waals surface area contributed by atoms with Crippen molar-refractivity contribution in [2.45, 2.75) is 12.6 Å². The van der Waals surface area contributed by atoms with Gasteiger partial charge in [-0.3, -0.25) is 4.98 Å². The first-order valence-corrected chi connectivity index (χ1v) is 6.84. The van der Waals surface area contributed by atoms with Crippen molar-refractivity contribution in [2.24, 2.45) is 0 Å². The molecule has 0 saturated heterocycles. The van der Waals surface area contributed by atoms with Gasteiger partial charge in [-0.15, -0.1) is 11.3 Å². The highest BCUT2D eigenvalue weighted by atomic mass is 32.1. The summed E-state index contributed by atoms with van der Waals surface area (Å²) in [6, 6.07) is 10.7. The van der Waals surface area contributed by atoms with Gasteiger partial charge in [0.25, 0.3) is 0 Å². The lowest BCUT2D eigenvalue weighted by Gasteiger charge is -2.08. The minimum atomic E-state index is -4.22. The smallest absolute Gasteiger partial charge is 0.264 e. The number of thiophene rings is 1. The molecule has 0 fully saturated rings. The highest BCUT2D eigenvalue weighted by Crippen LogP contribution is 2.41. The molecule has 3 aromatic rings. The molecule has 0 aliphatic carbocycles. The van der Waals surface area contributed by atoms with Gasteiger partial charge in [-0.1, -0.05) is 24.3 Å². The summed E-state index contributed by atoms with van der Waals surface area (Å²) in [5.74, 6) is 0. The third-order valence-corrected chi connectivity index (χ3v) is 4.26. The average molecular weight is 293 g/mol. The van der Waals surface area contributed by atoms with Crippen LogP contribution in [-0.4, -0.2) is 11.2 Å². The van der Waals surface area contributed by atoms with Gasteiger partial charge in [-0.2, -0.15) is 13.2 Å². The molecular weight excluding hydrogens is 283 g/mol. The van der Waals surface area contributed by atoms with Crippen LogP contribution in [0.15, 0.2) is 48.8 Å². The zero-order valence-corrected chi connectivity index (χ0v) is 11.1. The molecule has 0 amide bonds. The Kier molecular flexibility index (Phi) is 3.22. The maximum absolute atomic E-state index is 12.8. The summed E-state index contributed by atoms with van der Waals surface area (Å²) in [6.45, 7) is 0. The Labute approximate surface area is 117 Å². The standard InChI is InChI=1S/C15H10F3NS/c16-15(17,18)8-12-11-5-1-2-6-13(11)20-14(12)10-4-3-7-19-9-10/h1-7,9H,8H2. The molecule has 2 heterocycles. The van der Waals surface area contributed by atoms with Gasteiger partial charge in [-0.05, 0) is 23.1 Å². The topological polar surface area (TPSA) is 12.9 Å². The minimum Gasteiger partial charge on any atom is -0.264 e. The first kappa shape index (κ1) is 13.1. The summed E-state index contributed by atoms with van der Waals surface area (Å²) in [4.78, 5) is 4.64. The number of benzene rings is 1. The first-order chi connectivity index (χ1) is 9.54. The van der Waals surface area contributed by atoms with E-state index in [2.05, 4.69) is 4.98 Å². The molecule has 5 heteroatoms. The predicted molar refractivity (Wildman–Crippen MR) is 74.8 cm³/mol. The Balaban J connectivity index is 2.23. The van der Waals surface area contributed by atoms with Crippen molar-refractivity contribution in [3.05, 3.63) is 54.4 Å². The molecule has 0 atom stereocenters. The second-order valence-electron chi connectivity index (χ2n) is 4.44. The normalized spacial score (nSPS) is 11.9. The van der Waals surface area contributed by atoms with Crippen LogP contribution in [0.2, 0.25) is 0 Å². The van der Waals surface area contributed by atoms with Gasteiger partial charge in [-0.25, -0.2) is 0 Å². The van der Waals surface area contributed by atoms with E-state index in [-0.39, 0.29) is 0 Å². The number of nitrogens with zero attached hydrogens (tertiary/aromatic N) is 1. The molecule has 1 nitrogen and oxygen atoms in total. The number of rotatable bonds is 2. The summed E-state index contributed by atoms with van der Waals surface area (Å²) in [5, 5.41) is 0.675. The lowest BCUT2D eigenvalue weighted by Crippen LogP contribution is -2.11. The van der Waals surface area contributed by atoms with Gasteiger partial charge >= 0.3 is 6.18 Å². The van der Waals surface area contributed by atoms with E-state index in [0.717, 1.165) is 10.3 Å². The number of aromatic nitrogens is 1. The van der Waals surface area contributed by atoms with Gasteiger partial charge in [0.1, 0.15) is 0 Å². The van der Waals surface area contributed by atoms with E-state index in [9.17, 15) is 13.2 Å². The SMILES string of the molecule is FC(F)(F)Cc1c(-c2cccnc2)sc2ccccc12. The third kappa shape index (κ3) is 2.54. The van der Waals surface area contributed by atoms with Crippen LogP contribution in [0.5, 0.6) is 0 Å². The Morgan fingerprint density at radius 3 is 2.55 bits per heavy atom. The number of hydrogen-bond donors (Lipinski definition) is 0. The summed E-state index contributed by atoms with van der Waals surface area (Å²) in [5.41, 5.74) is 1.07. The van der Waals surface area contributed by atoms with Gasteiger partial charge in [0.2, 0.25) is 0 Å². The van der Waals surface area contributed by atoms with Gasteiger partial charge < -0.3 is 0 Å². The van der Waals surface area contributed by atoms with E-state index >= 15 is 0 Å². The monoisotopic (exact) mass is 293 g/mol. The van der Waals surface area contributed by atoms with Crippen molar-refractivity contribution < 1.29 is 13.2 Å². The van der Waals surface area contributed by atoms with Crippen LogP contribution in [-0.2, 0) is 6.42 Å². The Hall–Kier alpha value is -1.88. The molecule has 0 radical (unpaired) electrons. The van der Waals surface area contributed by atoms with E-state index in [1.807, 2.05) is 12.1 Å². The second-order valence-corrected chi connectivity index (χ2v) is 5.49. The average Bonchev–Trinajstić information content (AvgIpc) is 2.77. The maximum Gasteiger partial charge on any atom is 0.393 e. The van der Waals surface area contributed by atoms with Gasteiger partial charge in [0.15, 0.2) is 0 Å². The van der Waals surface area contributed by atoms with Crippen LogP contribution < -0.4 is 0 Å². The van der Waals surface area contributed by atoms with Gasteiger partial charge in [0, 0.05) is 27.5 Å². The third-order valence-electron chi connectivity index (χ3n) is 3.00. The number of alkyl halides is 3. The zero-order valence-electron chi connectivity index (χ0n) is 10.3. The van der Waals surface area contributed by atoms with Crippen LogP contribution in [0.3, 0.4) is 0 Å². The van der Waals surface area contributed by atoms with Crippen LogP contribution >= 0.6 is 11.3 Å². The highest BCUT2D eigenvalue weighted by molar-refractivity contribution is 7.22.